The maximum atomic E-state index is 12.6. The van der Waals surface area contributed by atoms with Crippen molar-refractivity contribution >= 4 is 42.3 Å². The number of sulfonamides is 1. The molecule has 0 saturated heterocycles. The highest BCUT2D eigenvalue weighted by atomic mass is 32.2. The van der Waals surface area contributed by atoms with Crippen LogP contribution in [0.5, 0.6) is 5.75 Å². The first-order valence-electron chi connectivity index (χ1n) is 7.20. The monoisotopic (exact) mass is 394 g/mol. The van der Waals surface area contributed by atoms with Crippen LogP contribution in [-0.2, 0) is 20.1 Å². The minimum atomic E-state index is -4.39. The number of anilines is 2. The molecule has 5 N–H and O–H groups in total. The van der Waals surface area contributed by atoms with Gasteiger partial charge in [-0.15, -0.1) is 0 Å². The lowest BCUT2D eigenvalue weighted by molar-refractivity contribution is 0.462. The lowest BCUT2D eigenvalue weighted by Crippen LogP contribution is -2.14. The SMILES string of the molecule is Nc1c(O)c(S(=O)(=O)Nc2ccc(S(=O)(=O)O)cc2)cc2ccccc12. The Balaban J connectivity index is 2.03. The van der Waals surface area contributed by atoms with Gasteiger partial charge in [-0.3, -0.25) is 9.27 Å². The number of hydrogen-bond acceptors (Lipinski definition) is 6. The molecule has 0 aliphatic rings. The van der Waals surface area contributed by atoms with Crippen molar-refractivity contribution in [1.29, 1.82) is 0 Å². The molecule has 0 aliphatic carbocycles. The average molecular weight is 394 g/mol. The van der Waals surface area contributed by atoms with Gasteiger partial charge in [0.2, 0.25) is 0 Å². The lowest BCUT2D eigenvalue weighted by atomic mass is 10.1. The second-order valence-electron chi connectivity index (χ2n) is 5.46. The number of rotatable bonds is 4. The second kappa shape index (κ2) is 6.16. The minimum absolute atomic E-state index is 0.0449. The number of nitrogens with one attached hydrogen (secondary N) is 1. The van der Waals surface area contributed by atoms with E-state index in [1.165, 1.54) is 18.2 Å². The number of benzene rings is 3. The van der Waals surface area contributed by atoms with Gasteiger partial charge >= 0.3 is 0 Å². The molecule has 0 radical (unpaired) electrons. The number of nitrogens with two attached hydrogens (primary N) is 1. The molecule has 0 spiro atoms. The van der Waals surface area contributed by atoms with Crippen LogP contribution in [0.1, 0.15) is 0 Å². The van der Waals surface area contributed by atoms with Gasteiger partial charge < -0.3 is 10.8 Å². The molecule has 26 heavy (non-hydrogen) atoms. The van der Waals surface area contributed by atoms with E-state index in [2.05, 4.69) is 4.72 Å². The summed E-state index contributed by atoms with van der Waals surface area (Å²) in [5, 5.41) is 11.3. The van der Waals surface area contributed by atoms with Crippen molar-refractivity contribution in [1.82, 2.24) is 0 Å². The van der Waals surface area contributed by atoms with Crippen molar-refractivity contribution in [3.63, 3.8) is 0 Å². The van der Waals surface area contributed by atoms with Crippen molar-refractivity contribution in [2.45, 2.75) is 9.79 Å². The van der Waals surface area contributed by atoms with Gasteiger partial charge in [0, 0.05) is 11.1 Å². The van der Waals surface area contributed by atoms with E-state index in [1.807, 2.05) is 0 Å². The molecule has 0 atom stereocenters. The molecule has 0 fully saturated rings. The highest BCUT2D eigenvalue weighted by Crippen LogP contribution is 2.36. The Morgan fingerprint density at radius 1 is 0.923 bits per heavy atom. The van der Waals surface area contributed by atoms with Gasteiger partial charge in [-0.25, -0.2) is 8.42 Å². The zero-order valence-corrected chi connectivity index (χ0v) is 14.8. The number of phenolic OH excluding ortho intramolecular Hbond substituents is 1. The topological polar surface area (TPSA) is 147 Å². The molecule has 0 bridgehead atoms. The molecule has 0 aromatic heterocycles. The molecule has 8 nitrogen and oxygen atoms in total. The fraction of sp³-hybridized carbons (Fsp3) is 0. The van der Waals surface area contributed by atoms with Crippen LogP contribution in [0.25, 0.3) is 10.8 Å². The summed E-state index contributed by atoms with van der Waals surface area (Å²) < 4.78 is 58.4. The molecule has 3 aromatic carbocycles. The van der Waals surface area contributed by atoms with E-state index in [1.54, 1.807) is 24.3 Å². The minimum Gasteiger partial charge on any atom is -0.504 e. The van der Waals surface area contributed by atoms with Crippen molar-refractivity contribution in [3.8, 4) is 5.75 Å². The van der Waals surface area contributed by atoms with Crippen LogP contribution in [0, 0.1) is 0 Å². The molecule has 136 valence electrons. The van der Waals surface area contributed by atoms with Gasteiger partial charge in [-0.2, -0.15) is 8.42 Å². The first kappa shape index (κ1) is 18.0. The molecule has 0 saturated carbocycles. The van der Waals surface area contributed by atoms with Gasteiger partial charge in [0.05, 0.1) is 10.6 Å². The first-order valence-corrected chi connectivity index (χ1v) is 10.1. The summed E-state index contributed by atoms with van der Waals surface area (Å²) in [6.45, 7) is 0. The third-order valence-corrected chi connectivity index (χ3v) is 5.98. The maximum absolute atomic E-state index is 12.6. The summed E-state index contributed by atoms with van der Waals surface area (Å²) in [5.74, 6) is -0.578. The van der Waals surface area contributed by atoms with Crippen LogP contribution in [0.2, 0.25) is 0 Å². The third-order valence-electron chi connectivity index (χ3n) is 3.72. The Kier molecular flexibility index (Phi) is 4.26. The summed E-state index contributed by atoms with van der Waals surface area (Å²) >= 11 is 0. The highest BCUT2D eigenvalue weighted by molar-refractivity contribution is 7.92. The number of hydrogen-bond donors (Lipinski definition) is 4. The molecular formula is C16H14N2O6S2. The van der Waals surface area contributed by atoms with E-state index in [0.29, 0.717) is 10.8 Å². The number of aromatic hydroxyl groups is 1. The summed E-state index contributed by atoms with van der Waals surface area (Å²) in [4.78, 5) is -0.786. The van der Waals surface area contributed by atoms with Crippen LogP contribution in [0.4, 0.5) is 11.4 Å². The Morgan fingerprint density at radius 3 is 2.15 bits per heavy atom. The summed E-state index contributed by atoms with van der Waals surface area (Å²) in [6.07, 6.45) is 0. The molecule has 0 amide bonds. The molecule has 3 rings (SSSR count). The van der Waals surface area contributed by atoms with Crippen LogP contribution >= 0.6 is 0 Å². The molecule has 0 unspecified atom stereocenters. The molecular weight excluding hydrogens is 380 g/mol. The quantitative estimate of drug-likeness (QED) is 0.301. The third kappa shape index (κ3) is 3.29. The van der Waals surface area contributed by atoms with Crippen LogP contribution < -0.4 is 10.5 Å². The van der Waals surface area contributed by atoms with E-state index in [-0.39, 0.29) is 16.3 Å². The molecule has 0 heterocycles. The lowest BCUT2D eigenvalue weighted by Gasteiger charge is -2.13. The van der Waals surface area contributed by atoms with E-state index in [9.17, 15) is 21.9 Å². The highest BCUT2D eigenvalue weighted by Gasteiger charge is 2.22. The largest absolute Gasteiger partial charge is 0.504 e. The Morgan fingerprint density at radius 2 is 1.54 bits per heavy atom. The van der Waals surface area contributed by atoms with Crippen molar-refractivity contribution in [2.24, 2.45) is 0 Å². The summed E-state index contributed by atoms with van der Waals surface area (Å²) in [6, 6.07) is 12.4. The van der Waals surface area contributed by atoms with Crippen LogP contribution in [0.15, 0.2) is 64.4 Å². The van der Waals surface area contributed by atoms with Crippen molar-refractivity contribution in [3.05, 3.63) is 54.6 Å². The Labute approximate surface area is 149 Å². The van der Waals surface area contributed by atoms with Crippen molar-refractivity contribution in [2.75, 3.05) is 10.5 Å². The van der Waals surface area contributed by atoms with E-state index >= 15 is 0 Å². The molecule has 3 aromatic rings. The normalized spacial score (nSPS) is 12.2. The van der Waals surface area contributed by atoms with Gasteiger partial charge in [0.15, 0.2) is 5.75 Å². The summed E-state index contributed by atoms with van der Waals surface area (Å²) in [5.41, 5.74) is 5.82. The average Bonchev–Trinajstić information content (AvgIpc) is 2.57. The fourth-order valence-electron chi connectivity index (χ4n) is 2.45. The molecule has 10 heteroatoms. The van der Waals surface area contributed by atoms with E-state index in [4.69, 9.17) is 10.3 Å². The van der Waals surface area contributed by atoms with Gasteiger partial charge in [-0.05, 0) is 35.7 Å². The van der Waals surface area contributed by atoms with E-state index in [0.717, 1.165) is 12.1 Å². The standard InChI is InChI=1S/C16H14N2O6S2/c17-15-13-4-2-1-3-10(13)9-14(16(15)19)25(20,21)18-11-5-7-12(8-6-11)26(22,23)24/h1-9,18-19H,17H2,(H,22,23,24). The number of fused-ring (bicyclic) bond motifs is 1. The number of nitrogen functional groups attached to an aromatic ring is 1. The Bertz CT molecular complexity index is 1200. The predicted octanol–water partition coefficient (Wildman–Crippen LogP) is 2.18. The molecule has 0 aliphatic heterocycles. The van der Waals surface area contributed by atoms with Crippen LogP contribution in [-0.4, -0.2) is 26.5 Å². The fourth-order valence-corrected chi connectivity index (χ4v) is 4.13. The smallest absolute Gasteiger partial charge is 0.294 e. The zero-order chi connectivity index (χ0) is 19.1. The van der Waals surface area contributed by atoms with Gasteiger partial charge in [-0.1, -0.05) is 24.3 Å². The Hall–Kier alpha value is -2.82. The first-order chi connectivity index (χ1) is 12.1. The van der Waals surface area contributed by atoms with Gasteiger partial charge in [0.25, 0.3) is 20.1 Å². The maximum Gasteiger partial charge on any atom is 0.294 e. The zero-order valence-electron chi connectivity index (χ0n) is 13.1. The predicted molar refractivity (Wildman–Crippen MR) is 97.1 cm³/mol. The van der Waals surface area contributed by atoms with Gasteiger partial charge in [0.1, 0.15) is 4.90 Å². The van der Waals surface area contributed by atoms with Crippen molar-refractivity contribution < 1.29 is 26.5 Å². The van der Waals surface area contributed by atoms with E-state index < -0.39 is 30.8 Å². The summed E-state index contributed by atoms with van der Waals surface area (Å²) in [7, 11) is -8.58. The number of phenols is 1. The van der Waals surface area contributed by atoms with Crippen LogP contribution in [0.3, 0.4) is 0 Å². The second-order valence-corrected chi connectivity index (χ2v) is 8.54.